The maximum Gasteiger partial charge on any atom is 0.416 e. The number of aliphatic carboxylic acids is 1. The predicted octanol–water partition coefficient (Wildman–Crippen LogP) is 4.62. The Balaban J connectivity index is 1.97. The van der Waals surface area contributed by atoms with Crippen LogP contribution in [-0.2, 0) is 22.2 Å². The van der Waals surface area contributed by atoms with E-state index in [0.717, 1.165) is 12.1 Å². The van der Waals surface area contributed by atoms with E-state index in [1.165, 1.54) is 12.1 Å². The highest BCUT2D eigenvalue weighted by Gasteiger charge is 2.29. The first-order valence-corrected chi connectivity index (χ1v) is 8.45. The fourth-order valence-corrected chi connectivity index (χ4v) is 2.63. The summed E-state index contributed by atoms with van der Waals surface area (Å²) in [5.74, 6) is -1.46. The lowest BCUT2D eigenvalue weighted by molar-refractivity contribution is -0.138. The van der Waals surface area contributed by atoms with Gasteiger partial charge in [-0.2, -0.15) is 13.2 Å². The quantitative estimate of drug-likeness (QED) is 0.713. The Bertz CT molecular complexity index is 789. The van der Waals surface area contributed by atoms with Crippen LogP contribution < -0.4 is 5.32 Å². The Labute approximate surface area is 159 Å². The van der Waals surface area contributed by atoms with Crippen LogP contribution in [0.5, 0.6) is 0 Å². The predicted molar refractivity (Wildman–Crippen MR) is 94.4 cm³/mol. The summed E-state index contributed by atoms with van der Waals surface area (Å²) in [6.07, 6.45) is -4.44. The Hall–Kier alpha value is -2.54. The molecule has 8 heteroatoms. The lowest BCUT2D eigenvalue weighted by atomic mass is 10.0. The number of carboxylic acid groups (broad SMARTS) is 1. The van der Waals surface area contributed by atoms with Crippen LogP contribution in [0.3, 0.4) is 0 Å². The first-order chi connectivity index (χ1) is 12.6. The summed E-state index contributed by atoms with van der Waals surface area (Å²) in [6, 6.07) is 10.3. The molecule has 27 heavy (non-hydrogen) atoms. The van der Waals surface area contributed by atoms with Crippen molar-refractivity contribution in [1.82, 2.24) is 5.32 Å². The molecule has 0 fully saturated rings. The molecule has 2 aromatic rings. The van der Waals surface area contributed by atoms with Gasteiger partial charge >= 0.3 is 12.1 Å². The van der Waals surface area contributed by atoms with E-state index in [0.29, 0.717) is 16.1 Å². The third kappa shape index (κ3) is 6.60. The zero-order valence-corrected chi connectivity index (χ0v) is 14.8. The Kier molecular flexibility index (Phi) is 6.85. The maximum atomic E-state index is 12.5. The van der Waals surface area contributed by atoms with E-state index < -0.39 is 29.7 Å². The summed E-state index contributed by atoms with van der Waals surface area (Å²) in [7, 11) is 0. The Morgan fingerprint density at radius 2 is 1.63 bits per heavy atom. The van der Waals surface area contributed by atoms with Gasteiger partial charge < -0.3 is 10.4 Å². The lowest BCUT2D eigenvalue weighted by Crippen LogP contribution is -2.30. The first-order valence-electron chi connectivity index (χ1n) is 8.08. The van der Waals surface area contributed by atoms with Gasteiger partial charge in [-0.05, 0) is 41.8 Å². The number of halogens is 4. The molecule has 0 bridgehead atoms. The zero-order valence-electron chi connectivity index (χ0n) is 14.1. The van der Waals surface area contributed by atoms with Crippen LogP contribution in [0, 0.1) is 0 Å². The number of rotatable bonds is 7. The molecular weight excluding hydrogens is 383 g/mol. The van der Waals surface area contributed by atoms with Gasteiger partial charge in [-0.15, -0.1) is 0 Å². The van der Waals surface area contributed by atoms with Crippen molar-refractivity contribution >= 4 is 23.5 Å². The van der Waals surface area contributed by atoms with Gasteiger partial charge in [0.2, 0.25) is 5.91 Å². The number of carbonyl (C=O) groups is 2. The highest BCUT2D eigenvalue weighted by molar-refractivity contribution is 6.30. The SMILES string of the molecule is O=C(O)CC(NC(=O)CCc1ccc(C(F)(F)F)cc1)c1ccc(Cl)cc1. The third-order valence-electron chi connectivity index (χ3n) is 3.91. The summed E-state index contributed by atoms with van der Waals surface area (Å²) in [5.41, 5.74) is 0.434. The van der Waals surface area contributed by atoms with E-state index in [1.54, 1.807) is 24.3 Å². The number of alkyl halides is 3. The Morgan fingerprint density at radius 3 is 2.15 bits per heavy atom. The fraction of sp³-hybridized carbons (Fsp3) is 0.263. The van der Waals surface area contributed by atoms with Crippen molar-refractivity contribution in [2.75, 3.05) is 0 Å². The first kappa shape index (κ1) is 20.8. The largest absolute Gasteiger partial charge is 0.481 e. The minimum atomic E-state index is -4.40. The van der Waals surface area contributed by atoms with Gasteiger partial charge in [0.1, 0.15) is 0 Å². The number of aryl methyl sites for hydroxylation is 1. The highest BCUT2D eigenvalue weighted by atomic mass is 35.5. The lowest BCUT2D eigenvalue weighted by Gasteiger charge is -2.17. The normalized spacial score (nSPS) is 12.4. The van der Waals surface area contributed by atoms with Crippen LogP contribution in [0.25, 0.3) is 0 Å². The molecule has 0 radical (unpaired) electrons. The van der Waals surface area contributed by atoms with Crippen LogP contribution in [0.1, 0.15) is 35.6 Å². The van der Waals surface area contributed by atoms with E-state index in [2.05, 4.69) is 5.32 Å². The number of benzene rings is 2. The second-order valence-electron chi connectivity index (χ2n) is 5.96. The molecule has 2 N–H and O–H groups in total. The molecule has 0 saturated heterocycles. The molecule has 0 aliphatic heterocycles. The highest BCUT2D eigenvalue weighted by Crippen LogP contribution is 2.29. The number of carboxylic acids is 1. The van der Waals surface area contributed by atoms with Gasteiger partial charge in [0.05, 0.1) is 18.0 Å². The van der Waals surface area contributed by atoms with Gasteiger partial charge in [-0.1, -0.05) is 35.9 Å². The molecule has 0 aliphatic carbocycles. The summed E-state index contributed by atoms with van der Waals surface area (Å²) < 4.78 is 37.6. The molecule has 1 atom stereocenters. The topological polar surface area (TPSA) is 66.4 Å². The van der Waals surface area contributed by atoms with Gasteiger partial charge in [-0.3, -0.25) is 9.59 Å². The Morgan fingerprint density at radius 1 is 1.04 bits per heavy atom. The zero-order chi connectivity index (χ0) is 20.0. The van der Waals surface area contributed by atoms with E-state index >= 15 is 0 Å². The smallest absolute Gasteiger partial charge is 0.416 e. The minimum Gasteiger partial charge on any atom is -0.481 e. The summed E-state index contributed by atoms with van der Waals surface area (Å²) in [4.78, 5) is 23.2. The molecule has 0 saturated carbocycles. The van der Waals surface area contributed by atoms with Gasteiger partial charge in [0.15, 0.2) is 0 Å². The average molecular weight is 400 g/mol. The standard InChI is InChI=1S/C19H17ClF3NO3/c20-15-8-4-13(5-9-15)16(11-18(26)27)24-17(25)10-3-12-1-6-14(7-2-12)19(21,22)23/h1-2,4-9,16H,3,10-11H2,(H,24,25)(H,26,27). The van der Waals surface area contributed by atoms with Crippen molar-refractivity contribution < 1.29 is 27.9 Å². The molecule has 1 unspecified atom stereocenters. The molecule has 0 heterocycles. The molecular formula is C19H17ClF3NO3. The van der Waals surface area contributed by atoms with E-state index in [4.69, 9.17) is 16.7 Å². The van der Waals surface area contributed by atoms with Gasteiger partial charge in [-0.25, -0.2) is 0 Å². The number of nitrogens with one attached hydrogen (secondary N) is 1. The molecule has 1 amide bonds. The third-order valence-corrected chi connectivity index (χ3v) is 4.16. The molecule has 0 spiro atoms. The molecule has 4 nitrogen and oxygen atoms in total. The van der Waals surface area contributed by atoms with Crippen LogP contribution in [-0.4, -0.2) is 17.0 Å². The number of hydrogen-bond donors (Lipinski definition) is 2. The van der Waals surface area contributed by atoms with E-state index in [1.807, 2.05) is 0 Å². The van der Waals surface area contributed by atoms with Crippen molar-refractivity contribution in [3.8, 4) is 0 Å². The fourth-order valence-electron chi connectivity index (χ4n) is 2.51. The van der Waals surface area contributed by atoms with E-state index in [9.17, 15) is 22.8 Å². The van der Waals surface area contributed by atoms with Crippen LogP contribution in [0.2, 0.25) is 5.02 Å². The second-order valence-corrected chi connectivity index (χ2v) is 6.40. The van der Waals surface area contributed by atoms with Crippen molar-refractivity contribution in [1.29, 1.82) is 0 Å². The molecule has 2 aromatic carbocycles. The van der Waals surface area contributed by atoms with Crippen molar-refractivity contribution in [2.45, 2.75) is 31.5 Å². The van der Waals surface area contributed by atoms with E-state index in [-0.39, 0.29) is 19.3 Å². The van der Waals surface area contributed by atoms with Crippen molar-refractivity contribution in [3.05, 3.63) is 70.2 Å². The van der Waals surface area contributed by atoms with Crippen molar-refractivity contribution in [3.63, 3.8) is 0 Å². The molecule has 0 aliphatic rings. The molecule has 0 aromatic heterocycles. The van der Waals surface area contributed by atoms with Crippen molar-refractivity contribution in [2.24, 2.45) is 0 Å². The summed E-state index contributed by atoms with van der Waals surface area (Å²) >= 11 is 5.81. The molecule has 2 rings (SSSR count). The number of hydrogen-bond acceptors (Lipinski definition) is 2. The minimum absolute atomic E-state index is 0.0229. The van der Waals surface area contributed by atoms with Crippen LogP contribution >= 0.6 is 11.6 Å². The average Bonchev–Trinajstić information content (AvgIpc) is 2.59. The summed E-state index contributed by atoms with van der Waals surface area (Å²) in [5, 5.41) is 12.2. The number of carbonyl (C=O) groups excluding carboxylic acids is 1. The van der Waals surface area contributed by atoms with Gasteiger partial charge in [0.25, 0.3) is 0 Å². The summed E-state index contributed by atoms with van der Waals surface area (Å²) in [6.45, 7) is 0. The second kappa shape index (κ2) is 8.90. The van der Waals surface area contributed by atoms with Crippen LogP contribution in [0.15, 0.2) is 48.5 Å². The van der Waals surface area contributed by atoms with Gasteiger partial charge in [0, 0.05) is 11.4 Å². The number of amides is 1. The van der Waals surface area contributed by atoms with Crippen LogP contribution in [0.4, 0.5) is 13.2 Å². The maximum absolute atomic E-state index is 12.5. The molecule has 144 valence electrons. The monoisotopic (exact) mass is 399 g/mol.